The molecule has 0 aliphatic carbocycles. The number of unbranched alkanes of at least 4 members (excludes halogenated alkanes) is 1. The Morgan fingerprint density at radius 2 is 1.54 bits per heavy atom. The molecule has 0 bridgehead atoms. The first-order valence-electron chi connectivity index (χ1n) is 4.79. The smallest absolute Gasteiger partial charge is 0.132 e. The van der Waals surface area contributed by atoms with E-state index < -0.39 is 0 Å². The number of aliphatic hydroxyl groups excluding tert-OH is 1. The van der Waals surface area contributed by atoms with Gasteiger partial charge >= 0.3 is 0 Å². The summed E-state index contributed by atoms with van der Waals surface area (Å²) in [5.74, 6) is 0.375. The SMILES string of the molecule is CC(=O)CCCCC(=O)CCCO. The number of carbonyl (C=O) groups excluding carboxylic acids is 2. The third-order valence-corrected chi connectivity index (χ3v) is 1.85. The zero-order valence-electron chi connectivity index (χ0n) is 8.21. The Labute approximate surface area is 79.1 Å². The van der Waals surface area contributed by atoms with Gasteiger partial charge in [-0.05, 0) is 26.2 Å². The fourth-order valence-corrected chi connectivity index (χ4v) is 1.10. The Morgan fingerprint density at radius 1 is 1.00 bits per heavy atom. The van der Waals surface area contributed by atoms with Crippen molar-refractivity contribution in [1.82, 2.24) is 0 Å². The van der Waals surface area contributed by atoms with E-state index >= 15 is 0 Å². The molecule has 3 nitrogen and oxygen atoms in total. The minimum atomic E-state index is 0.0825. The minimum Gasteiger partial charge on any atom is -0.396 e. The van der Waals surface area contributed by atoms with Crippen molar-refractivity contribution >= 4 is 11.6 Å². The molecule has 76 valence electrons. The quantitative estimate of drug-likeness (QED) is 0.584. The van der Waals surface area contributed by atoms with E-state index in [1.807, 2.05) is 0 Å². The molecule has 0 saturated heterocycles. The van der Waals surface area contributed by atoms with Gasteiger partial charge < -0.3 is 9.90 Å². The predicted octanol–water partition coefficient (Wildman–Crippen LogP) is 1.48. The molecule has 0 atom stereocenters. The highest BCUT2D eigenvalue weighted by atomic mass is 16.3. The summed E-state index contributed by atoms with van der Waals surface area (Å²) in [6.45, 7) is 1.65. The van der Waals surface area contributed by atoms with Gasteiger partial charge in [-0.1, -0.05) is 0 Å². The Hall–Kier alpha value is -0.700. The van der Waals surface area contributed by atoms with Gasteiger partial charge in [0.1, 0.15) is 11.6 Å². The van der Waals surface area contributed by atoms with Crippen molar-refractivity contribution in [3.05, 3.63) is 0 Å². The number of hydrogen-bond donors (Lipinski definition) is 1. The molecule has 1 N–H and O–H groups in total. The predicted molar refractivity (Wildman–Crippen MR) is 50.5 cm³/mol. The lowest BCUT2D eigenvalue weighted by Crippen LogP contribution is -1.99. The normalized spacial score (nSPS) is 10.0. The van der Waals surface area contributed by atoms with Crippen LogP contribution in [0.25, 0.3) is 0 Å². The highest BCUT2D eigenvalue weighted by Gasteiger charge is 2.01. The molecule has 13 heavy (non-hydrogen) atoms. The Kier molecular flexibility index (Phi) is 7.50. The molecule has 0 unspecified atom stereocenters. The first-order chi connectivity index (χ1) is 6.16. The molecule has 0 rings (SSSR count). The van der Waals surface area contributed by atoms with E-state index in [-0.39, 0.29) is 18.2 Å². The van der Waals surface area contributed by atoms with E-state index in [0.717, 1.165) is 12.8 Å². The average molecular weight is 186 g/mol. The van der Waals surface area contributed by atoms with E-state index in [1.165, 1.54) is 0 Å². The molecule has 0 aromatic rings. The van der Waals surface area contributed by atoms with Crippen molar-refractivity contribution in [2.45, 2.75) is 45.4 Å². The maximum Gasteiger partial charge on any atom is 0.132 e. The number of hydrogen-bond acceptors (Lipinski definition) is 3. The first kappa shape index (κ1) is 12.3. The molecule has 0 fully saturated rings. The molecule has 0 heterocycles. The molecular formula is C10H18O3. The van der Waals surface area contributed by atoms with Crippen LogP contribution >= 0.6 is 0 Å². The minimum absolute atomic E-state index is 0.0825. The summed E-state index contributed by atoms with van der Waals surface area (Å²) < 4.78 is 0. The second kappa shape index (κ2) is 7.92. The van der Waals surface area contributed by atoms with Crippen LogP contribution in [0.1, 0.15) is 45.4 Å². The van der Waals surface area contributed by atoms with Crippen molar-refractivity contribution in [2.75, 3.05) is 6.61 Å². The maximum atomic E-state index is 11.1. The van der Waals surface area contributed by atoms with Crippen LogP contribution in [0, 0.1) is 0 Å². The van der Waals surface area contributed by atoms with E-state index in [9.17, 15) is 9.59 Å². The highest BCUT2D eigenvalue weighted by molar-refractivity contribution is 5.78. The lowest BCUT2D eigenvalue weighted by atomic mass is 10.1. The van der Waals surface area contributed by atoms with Crippen molar-refractivity contribution in [2.24, 2.45) is 0 Å². The van der Waals surface area contributed by atoms with Gasteiger partial charge in [0.2, 0.25) is 0 Å². The largest absolute Gasteiger partial charge is 0.396 e. The van der Waals surface area contributed by atoms with Gasteiger partial charge in [0.15, 0.2) is 0 Å². The maximum absolute atomic E-state index is 11.1. The molecule has 3 heteroatoms. The fraction of sp³-hybridized carbons (Fsp3) is 0.800. The third-order valence-electron chi connectivity index (χ3n) is 1.85. The average Bonchev–Trinajstić information content (AvgIpc) is 2.08. The van der Waals surface area contributed by atoms with Crippen molar-refractivity contribution in [1.29, 1.82) is 0 Å². The lowest BCUT2D eigenvalue weighted by molar-refractivity contribution is -0.120. The summed E-state index contributed by atoms with van der Waals surface area (Å²) in [6, 6.07) is 0. The number of Topliss-reactive ketones (excluding diaryl/α,β-unsaturated/α-hetero) is 2. The molecule has 0 radical (unpaired) electrons. The first-order valence-corrected chi connectivity index (χ1v) is 4.79. The molecule has 0 spiro atoms. The van der Waals surface area contributed by atoms with Gasteiger partial charge in [0.25, 0.3) is 0 Å². The van der Waals surface area contributed by atoms with Gasteiger partial charge in [0, 0.05) is 25.9 Å². The number of carbonyl (C=O) groups is 2. The van der Waals surface area contributed by atoms with Crippen LogP contribution in [-0.4, -0.2) is 23.3 Å². The number of aliphatic hydroxyl groups is 1. The van der Waals surface area contributed by atoms with Crippen LogP contribution in [0.3, 0.4) is 0 Å². The Morgan fingerprint density at radius 3 is 2.08 bits per heavy atom. The summed E-state index contributed by atoms with van der Waals surface area (Å²) >= 11 is 0. The molecular weight excluding hydrogens is 168 g/mol. The van der Waals surface area contributed by atoms with Gasteiger partial charge in [-0.15, -0.1) is 0 Å². The molecule has 0 amide bonds. The summed E-state index contributed by atoms with van der Waals surface area (Å²) in [4.78, 5) is 21.6. The van der Waals surface area contributed by atoms with E-state index in [4.69, 9.17) is 5.11 Å². The zero-order chi connectivity index (χ0) is 10.1. The molecule has 0 aromatic heterocycles. The zero-order valence-corrected chi connectivity index (χ0v) is 8.21. The van der Waals surface area contributed by atoms with Crippen LogP contribution < -0.4 is 0 Å². The number of rotatable bonds is 8. The van der Waals surface area contributed by atoms with Crippen LogP contribution in [-0.2, 0) is 9.59 Å². The van der Waals surface area contributed by atoms with E-state index in [1.54, 1.807) is 6.92 Å². The van der Waals surface area contributed by atoms with Gasteiger partial charge in [-0.2, -0.15) is 0 Å². The molecule has 0 saturated carbocycles. The van der Waals surface area contributed by atoms with Crippen LogP contribution in [0.2, 0.25) is 0 Å². The fourth-order valence-electron chi connectivity index (χ4n) is 1.10. The van der Waals surface area contributed by atoms with Gasteiger partial charge in [0.05, 0.1) is 0 Å². The molecule has 0 aliphatic rings. The second-order valence-electron chi connectivity index (χ2n) is 3.27. The Balaban J connectivity index is 3.22. The standard InChI is InChI=1S/C10H18O3/c1-9(12)5-2-3-6-10(13)7-4-8-11/h11H,2-8H2,1H3. The van der Waals surface area contributed by atoms with Gasteiger partial charge in [-0.3, -0.25) is 4.79 Å². The monoisotopic (exact) mass is 186 g/mol. The van der Waals surface area contributed by atoms with Gasteiger partial charge in [-0.25, -0.2) is 0 Å². The Bertz CT molecular complexity index is 164. The number of ketones is 2. The lowest BCUT2D eigenvalue weighted by Gasteiger charge is -1.98. The summed E-state index contributed by atoms with van der Waals surface area (Å²) in [5, 5.41) is 8.46. The van der Waals surface area contributed by atoms with Crippen LogP contribution in [0.15, 0.2) is 0 Å². The summed E-state index contributed by atoms with van der Waals surface area (Å²) in [6.07, 6.45) is 3.76. The highest BCUT2D eigenvalue weighted by Crippen LogP contribution is 2.04. The topological polar surface area (TPSA) is 54.4 Å². The molecule has 0 aliphatic heterocycles. The van der Waals surface area contributed by atoms with Crippen molar-refractivity contribution < 1.29 is 14.7 Å². The van der Waals surface area contributed by atoms with Crippen molar-refractivity contribution in [3.8, 4) is 0 Å². The second-order valence-corrected chi connectivity index (χ2v) is 3.27. The van der Waals surface area contributed by atoms with Crippen LogP contribution in [0.4, 0.5) is 0 Å². The van der Waals surface area contributed by atoms with Crippen molar-refractivity contribution in [3.63, 3.8) is 0 Å². The molecule has 0 aromatic carbocycles. The van der Waals surface area contributed by atoms with Crippen LogP contribution in [0.5, 0.6) is 0 Å². The van der Waals surface area contributed by atoms with E-state index in [0.29, 0.717) is 25.7 Å². The summed E-state index contributed by atoms with van der Waals surface area (Å²) in [5.41, 5.74) is 0. The summed E-state index contributed by atoms with van der Waals surface area (Å²) in [7, 11) is 0. The van der Waals surface area contributed by atoms with E-state index in [2.05, 4.69) is 0 Å². The third kappa shape index (κ3) is 9.21.